The van der Waals surface area contributed by atoms with Crippen molar-refractivity contribution in [2.24, 2.45) is 5.73 Å². The van der Waals surface area contributed by atoms with Crippen LogP contribution < -0.4 is 11.1 Å². The summed E-state index contributed by atoms with van der Waals surface area (Å²) in [5.74, 6) is -2.29. The molecule has 0 aromatic carbocycles. The average molecular weight is 298 g/mol. The van der Waals surface area contributed by atoms with Crippen LogP contribution in [0.4, 0.5) is 13.2 Å². The number of nitrogens with one attached hydrogen (secondary N) is 1. The summed E-state index contributed by atoms with van der Waals surface area (Å²) in [6, 6.07) is -1.79. The number of nitrogens with two attached hydrogens (primary N) is 1. The van der Waals surface area contributed by atoms with Crippen molar-refractivity contribution in [1.29, 1.82) is 0 Å². The van der Waals surface area contributed by atoms with Crippen molar-refractivity contribution in [2.75, 3.05) is 0 Å². The minimum atomic E-state index is -5.08. The normalized spacial score (nSPS) is 13.0. The van der Waals surface area contributed by atoms with Crippen LogP contribution >= 0.6 is 0 Å². The molecular weight excluding hydrogens is 285 g/mol. The Hall–Kier alpha value is -2.28. The summed E-state index contributed by atoms with van der Waals surface area (Å²) in [4.78, 5) is 30.4. The molecule has 0 radical (unpaired) electrons. The number of carboxylic acids is 2. The fourth-order valence-electron chi connectivity index (χ4n) is 0.621. The summed E-state index contributed by atoms with van der Waals surface area (Å²) in [5.41, 5.74) is 5.22. The van der Waals surface area contributed by atoms with Crippen LogP contribution in [0.3, 0.4) is 0 Å². The molecule has 2 atom stereocenters. The number of carboxylic acid groups (broad SMARTS) is 2. The van der Waals surface area contributed by atoms with Crippen LogP contribution in [-0.2, 0) is 14.4 Å². The first kappa shape index (κ1) is 20.0. The molecular formula is C10H13F3N2O5. The molecule has 0 saturated carbocycles. The molecule has 0 aromatic rings. The third-order valence-electron chi connectivity index (χ3n) is 1.59. The Kier molecular flexibility index (Phi) is 8.78. The third kappa shape index (κ3) is 9.72. The molecule has 0 fully saturated rings. The predicted molar refractivity (Wildman–Crippen MR) is 60.4 cm³/mol. The quantitative estimate of drug-likeness (QED) is 0.521. The van der Waals surface area contributed by atoms with E-state index in [1.165, 1.54) is 6.92 Å². The lowest BCUT2D eigenvalue weighted by molar-refractivity contribution is -0.192. The lowest BCUT2D eigenvalue weighted by Gasteiger charge is -2.13. The second-order valence-electron chi connectivity index (χ2n) is 3.40. The smallest absolute Gasteiger partial charge is 0.480 e. The number of halogens is 3. The van der Waals surface area contributed by atoms with Crippen molar-refractivity contribution in [2.45, 2.75) is 31.6 Å². The van der Waals surface area contributed by atoms with E-state index in [1.54, 1.807) is 0 Å². The minimum Gasteiger partial charge on any atom is -0.480 e. The third-order valence-corrected chi connectivity index (χ3v) is 1.59. The summed E-state index contributed by atoms with van der Waals surface area (Å²) in [6.45, 7) is 1.46. The Morgan fingerprint density at radius 1 is 1.35 bits per heavy atom. The summed E-state index contributed by atoms with van der Waals surface area (Å²) >= 11 is 0. The van der Waals surface area contributed by atoms with E-state index in [-0.39, 0.29) is 6.42 Å². The molecule has 20 heavy (non-hydrogen) atoms. The Bertz CT molecular complexity index is 401. The van der Waals surface area contributed by atoms with Gasteiger partial charge in [-0.05, 0) is 6.92 Å². The van der Waals surface area contributed by atoms with E-state index in [4.69, 9.17) is 27.2 Å². The van der Waals surface area contributed by atoms with Gasteiger partial charge in [0.15, 0.2) is 0 Å². The van der Waals surface area contributed by atoms with Crippen LogP contribution in [0.15, 0.2) is 0 Å². The SMILES string of the molecule is C#CC[C@@H](NC(=O)[C@H](C)N)C(=O)O.O=C(O)C(F)(F)F. The number of carbonyl (C=O) groups excluding carboxylic acids is 1. The van der Waals surface area contributed by atoms with E-state index in [2.05, 4.69) is 11.2 Å². The Labute approximate surface area is 111 Å². The fraction of sp³-hybridized carbons (Fsp3) is 0.500. The molecule has 0 aliphatic rings. The maximum Gasteiger partial charge on any atom is 0.490 e. The molecule has 0 spiro atoms. The van der Waals surface area contributed by atoms with Gasteiger partial charge in [-0.1, -0.05) is 0 Å². The molecule has 0 rings (SSSR count). The lowest BCUT2D eigenvalue weighted by Crippen LogP contribution is -2.47. The number of amides is 1. The maximum absolute atomic E-state index is 11.0. The monoisotopic (exact) mass is 298 g/mol. The zero-order chi connectivity index (χ0) is 16.5. The van der Waals surface area contributed by atoms with Gasteiger partial charge in [0.05, 0.1) is 6.04 Å². The van der Waals surface area contributed by atoms with Gasteiger partial charge in [0.1, 0.15) is 6.04 Å². The van der Waals surface area contributed by atoms with E-state index in [1.807, 2.05) is 0 Å². The van der Waals surface area contributed by atoms with Gasteiger partial charge < -0.3 is 21.3 Å². The Morgan fingerprint density at radius 3 is 1.95 bits per heavy atom. The summed E-state index contributed by atoms with van der Waals surface area (Å²) in [5, 5.41) is 17.9. The maximum atomic E-state index is 11.0. The number of hydrogen-bond acceptors (Lipinski definition) is 4. The molecule has 7 nitrogen and oxygen atoms in total. The van der Waals surface area contributed by atoms with E-state index < -0.39 is 36.1 Å². The summed E-state index contributed by atoms with van der Waals surface area (Å²) in [6.07, 6.45) is -0.208. The van der Waals surface area contributed by atoms with Crippen molar-refractivity contribution in [3.63, 3.8) is 0 Å². The summed E-state index contributed by atoms with van der Waals surface area (Å²) in [7, 11) is 0. The second-order valence-corrected chi connectivity index (χ2v) is 3.40. The van der Waals surface area contributed by atoms with Gasteiger partial charge in [-0.3, -0.25) is 4.79 Å². The van der Waals surface area contributed by atoms with Crippen molar-refractivity contribution in [1.82, 2.24) is 5.32 Å². The standard InChI is InChI=1S/C8H12N2O3.C2HF3O2/c1-3-4-6(8(12)13)10-7(11)5(2)9;3-2(4,5)1(6)7/h1,5-6H,4,9H2,2H3,(H,10,11)(H,12,13);(H,6,7)/t5-,6+;/m0./s1. The van der Waals surface area contributed by atoms with Crippen LogP contribution in [-0.4, -0.2) is 46.3 Å². The van der Waals surface area contributed by atoms with Gasteiger partial charge in [0.2, 0.25) is 5.91 Å². The summed E-state index contributed by atoms with van der Waals surface area (Å²) < 4.78 is 31.7. The lowest BCUT2D eigenvalue weighted by atomic mass is 10.2. The van der Waals surface area contributed by atoms with Crippen molar-refractivity contribution in [3.8, 4) is 12.3 Å². The highest BCUT2D eigenvalue weighted by molar-refractivity contribution is 5.86. The second kappa shape index (κ2) is 8.76. The highest BCUT2D eigenvalue weighted by atomic mass is 19.4. The average Bonchev–Trinajstić information content (AvgIpc) is 2.27. The van der Waals surface area contributed by atoms with E-state index >= 15 is 0 Å². The van der Waals surface area contributed by atoms with Gasteiger partial charge in [-0.15, -0.1) is 12.3 Å². The van der Waals surface area contributed by atoms with Crippen LogP contribution in [0.2, 0.25) is 0 Å². The van der Waals surface area contributed by atoms with Gasteiger partial charge in [-0.25, -0.2) is 9.59 Å². The Balaban J connectivity index is 0. The highest BCUT2D eigenvalue weighted by Gasteiger charge is 2.38. The highest BCUT2D eigenvalue weighted by Crippen LogP contribution is 2.13. The first-order valence-electron chi connectivity index (χ1n) is 4.95. The molecule has 114 valence electrons. The molecule has 0 unspecified atom stereocenters. The predicted octanol–water partition coefficient (Wildman–Crippen LogP) is -0.440. The zero-order valence-electron chi connectivity index (χ0n) is 10.3. The molecule has 10 heteroatoms. The van der Waals surface area contributed by atoms with E-state index in [0.29, 0.717) is 0 Å². The molecule has 0 aliphatic carbocycles. The number of carbonyl (C=O) groups is 3. The molecule has 0 saturated heterocycles. The molecule has 5 N–H and O–H groups in total. The number of rotatable bonds is 4. The van der Waals surface area contributed by atoms with Crippen LogP contribution in [0, 0.1) is 12.3 Å². The molecule has 1 amide bonds. The number of alkyl halides is 3. The molecule has 0 aliphatic heterocycles. The molecule has 0 aromatic heterocycles. The number of hydrogen-bond donors (Lipinski definition) is 4. The van der Waals surface area contributed by atoms with E-state index in [9.17, 15) is 22.8 Å². The number of aliphatic carboxylic acids is 2. The van der Waals surface area contributed by atoms with Crippen LogP contribution in [0.25, 0.3) is 0 Å². The van der Waals surface area contributed by atoms with Gasteiger partial charge in [-0.2, -0.15) is 13.2 Å². The van der Waals surface area contributed by atoms with Crippen molar-refractivity contribution >= 4 is 17.8 Å². The van der Waals surface area contributed by atoms with Crippen molar-refractivity contribution in [3.05, 3.63) is 0 Å². The molecule has 0 bridgehead atoms. The van der Waals surface area contributed by atoms with Crippen molar-refractivity contribution < 1.29 is 37.8 Å². The van der Waals surface area contributed by atoms with Crippen LogP contribution in [0.5, 0.6) is 0 Å². The Morgan fingerprint density at radius 2 is 1.75 bits per heavy atom. The van der Waals surface area contributed by atoms with Crippen LogP contribution in [0.1, 0.15) is 13.3 Å². The first-order valence-corrected chi connectivity index (χ1v) is 4.95. The minimum absolute atomic E-state index is 0.0478. The number of terminal acetylenes is 1. The first-order chi connectivity index (χ1) is 8.93. The van der Waals surface area contributed by atoms with Gasteiger partial charge in [0, 0.05) is 6.42 Å². The van der Waals surface area contributed by atoms with E-state index in [0.717, 1.165) is 0 Å². The van der Waals surface area contributed by atoms with Gasteiger partial charge in [0.25, 0.3) is 0 Å². The zero-order valence-corrected chi connectivity index (χ0v) is 10.3. The largest absolute Gasteiger partial charge is 0.490 e. The molecule has 0 heterocycles. The fourth-order valence-corrected chi connectivity index (χ4v) is 0.621. The topological polar surface area (TPSA) is 130 Å². The van der Waals surface area contributed by atoms with Gasteiger partial charge >= 0.3 is 18.1 Å².